The van der Waals surface area contributed by atoms with Crippen molar-refractivity contribution in [2.75, 3.05) is 13.6 Å². The van der Waals surface area contributed by atoms with E-state index in [4.69, 9.17) is 5.11 Å². The minimum Gasteiger partial charge on any atom is -0.481 e. The van der Waals surface area contributed by atoms with Crippen molar-refractivity contribution in [3.63, 3.8) is 0 Å². The van der Waals surface area contributed by atoms with Gasteiger partial charge in [0.15, 0.2) is 0 Å². The molecular weight excluding hydrogens is 304 g/mol. The third-order valence-electron chi connectivity index (χ3n) is 4.25. The largest absolute Gasteiger partial charge is 0.481 e. The van der Waals surface area contributed by atoms with E-state index in [0.717, 1.165) is 22.6 Å². The number of benzene rings is 1. The number of carboxylic acid groups (broad SMARTS) is 1. The lowest BCUT2D eigenvalue weighted by molar-refractivity contribution is -0.137. The maximum atomic E-state index is 12.7. The number of carbonyl (C=O) groups is 2. The van der Waals surface area contributed by atoms with Gasteiger partial charge in [-0.25, -0.2) is 0 Å². The maximum absolute atomic E-state index is 12.7. The number of amides is 1. The van der Waals surface area contributed by atoms with Crippen LogP contribution in [0.15, 0.2) is 30.3 Å². The number of carboxylic acids is 1. The van der Waals surface area contributed by atoms with Crippen LogP contribution in [-0.2, 0) is 4.79 Å². The summed E-state index contributed by atoms with van der Waals surface area (Å²) in [7, 11) is 1.71. The summed E-state index contributed by atoms with van der Waals surface area (Å²) in [6.07, 6.45) is 0.522. The van der Waals surface area contributed by atoms with Crippen LogP contribution < -0.4 is 0 Å². The van der Waals surface area contributed by atoms with E-state index >= 15 is 0 Å². The van der Waals surface area contributed by atoms with Crippen molar-refractivity contribution in [1.29, 1.82) is 0 Å². The fraction of sp³-hybridized carbons (Fsp3) is 0.368. The molecule has 0 fully saturated rings. The summed E-state index contributed by atoms with van der Waals surface area (Å²) < 4.78 is 2.09. The van der Waals surface area contributed by atoms with E-state index in [1.165, 1.54) is 0 Å². The first-order valence-corrected chi connectivity index (χ1v) is 8.05. The van der Waals surface area contributed by atoms with Crippen molar-refractivity contribution in [2.24, 2.45) is 0 Å². The second kappa shape index (κ2) is 7.34. The minimum atomic E-state index is -0.839. The van der Waals surface area contributed by atoms with Crippen LogP contribution in [0, 0.1) is 20.8 Å². The molecule has 1 amide bonds. The summed E-state index contributed by atoms with van der Waals surface area (Å²) in [4.78, 5) is 24.9. The Labute approximate surface area is 142 Å². The average Bonchev–Trinajstić information content (AvgIpc) is 2.81. The highest BCUT2D eigenvalue weighted by Crippen LogP contribution is 2.24. The third-order valence-corrected chi connectivity index (χ3v) is 4.25. The van der Waals surface area contributed by atoms with Crippen molar-refractivity contribution in [1.82, 2.24) is 9.47 Å². The van der Waals surface area contributed by atoms with Gasteiger partial charge in [0, 0.05) is 37.1 Å². The molecule has 0 radical (unpaired) electrons. The van der Waals surface area contributed by atoms with Crippen molar-refractivity contribution >= 4 is 11.9 Å². The zero-order valence-electron chi connectivity index (χ0n) is 14.7. The lowest BCUT2D eigenvalue weighted by Crippen LogP contribution is -2.28. The minimum absolute atomic E-state index is 0.0693. The van der Waals surface area contributed by atoms with Crippen molar-refractivity contribution in [3.05, 3.63) is 52.8 Å². The molecule has 0 aliphatic heterocycles. The molecule has 2 aromatic rings. The molecule has 2 rings (SSSR count). The Morgan fingerprint density at radius 3 is 2.46 bits per heavy atom. The van der Waals surface area contributed by atoms with Crippen LogP contribution in [0.25, 0.3) is 5.69 Å². The fourth-order valence-electron chi connectivity index (χ4n) is 2.94. The highest BCUT2D eigenvalue weighted by Gasteiger charge is 2.20. The van der Waals surface area contributed by atoms with Gasteiger partial charge < -0.3 is 14.6 Å². The van der Waals surface area contributed by atoms with Gasteiger partial charge in [-0.15, -0.1) is 0 Å². The van der Waals surface area contributed by atoms with Gasteiger partial charge >= 0.3 is 5.97 Å². The highest BCUT2D eigenvalue weighted by molar-refractivity contribution is 5.95. The smallest absolute Gasteiger partial charge is 0.303 e. The highest BCUT2D eigenvalue weighted by atomic mass is 16.4. The number of hydrogen-bond donors (Lipinski definition) is 1. The maximum Gasteiger partial charge on any atom is 0.303 e. The van der Waals surface area contributed by atoms with Crippen LogP contribution in [0.3, 0.4) is 0 Å². The number of aromatic nitrogens is 1. The van der Waals surface area contributed by atoms with E-state index in [0.29, 0.717) is 18.5 Å². The SMILES string of the molecule is Cc1ccccc1-n1c(C)cc(C(=O)N(C)CCCC(=O)O)c1C. The molecule has 5 heteroatoms. The molecule has 0 unspecified atom stereocenters. The van der Waals surface area contributed by atoms with Gasteiger partial charge in [0.1, 0.15) is 0 Å². The predicted molar refractivity (Wildman–Crippen MR) is 93.8 cm³/mol. The quantitative estimate of drug-likeness (QED) is 0.884. The Hall–Kier alpha value is -2.56. The lowest BCUT2D eigenvalue weighted by atomic mass is 10.2. The van der Waals surface area contributed by atoms with Crippen LogP contribution in [0.1, 0.15) is 40.2 Å². The van der Waals surface area contributed by atoms with E-state index in [1.54, 1.807) is 11.9 Å². The second-order valence-corrected chi connectivity index (χ2v) is 6.13. The van der Waals surface area contributed by atoms with E-state index in [-0.39, 0.29) is 12.3 Å². The molecule has 1 aromatic carbocycles. The Bertz CT molecular complexity index is 762. The lowest BCUT2D eigenvalue weighted by Gasteiger charge is -2.17. The summed E-state index contributed by atoms with van der Waals surface area (Å²) >= 11 is 0. The van der Waals surface area contributed by atoms with Crippen LogP contribution in [0.4, 0.5) is 0 Å². The Morgan fingerprint density at radius 2 is 1.83 bits per heavy atom. The summed E-state index contributed by atoms with van der Waals surface area (Å²) in [6.45, 7) is 6.41. The molecule has 0 bridgehead atoms. The van der Waals surface area contributed by atoms with Crippen LogP contribution >= 0.6 is 0 Å². The Kier molecular flexibility index (Phi) is 5.44. The summed E-state index contributed by atoms with van der Waals surface area (Å²) in [5.41, 5.74) is 4.78. The Balaban J connectivity index is 2.27. The molecule has 24 heavy (non-hydrogen) atoms. The molecule has 5 nitrogen and oxygen atoms in total. The van der Waals surface area contributed by atoms with Crippen LogP contribution in [0.2, 0.25) is 0 Å². The third kappa shape index (κ3) is 3.67. The number of carbonyl (C=O) groups excluding carboxylic acids is 1. The average molecular weight is 328 g/mol. The number of aryl methyl sites for hydroxylation is 2. The van der Waals surface area contributed by atoms with Gasteiger partial charge in [0.2, 0.25) is 0 Å². The molecule has 0 aliphatic carbocycles. The first-order valence-electron chi connectivity index (χ1n) is 8.05. The molecule has 0 saturated heterocycles. The molecule has 0 atom stereocenters. The van der Waals surface area contributed by atoms with Gasteiger partial charge in [0.25, 0.3) is 5.91 Å². The van der Waals surface area contributed by atoms with E-state index in [1.807, 2.05) is 51.1 Å². The first-order chi connectivity index (χ1) is 11.3. The molecule has 1 aromatic heterocycles. The van der Waals surface area contributed by atoms with Gasteiger partial charge in [-0.1, -0.05) is 18.2 Å². The van der Waals surface area contributed by atoms with E-state index < -0.39 is 5.97 Å². The zero-order valence-corrected chi connectivity index (χ0v) is 14.7. The number of hydrogen-bond acceptors (Lipinski definition) is 2. The molecule has 128 valence electrons. The summed E-state index contributed by atoms with van der Waals surface area (Å²) in [5, 5.41) is 8.71. The topological polar surface area (TPSA) is 62.5 Å². The number of aliphatic carboxylic acids is 1. The van der Waals surface area contributed by atoms with Gasteiger partial charge in [-0.3, -0.25) is 9.59 Å². The molecule has 0 spiro atoms. The Morgan fingerprint density at radius 1 is 1.17 bits per heavy atom. The van der Waals surface area contributed by atoms with E-state index in [2.05, 4.69) is 4.57 Å². The summed E-state index contributed by atoms with van der Waals surface area (Å²) in [6, 6.07) is 9.97. The monoisotopic (exact) mass is 328 g/mol. The number of para-hydroxylation sites is 1. The number of nitrogens with zero attached hydrogens (tertiary/aromatic N) is 2. The fourth-order valence-corrected chi connectivity index (χ4v) is 2.94. The summed E-state index contributed by atoms with van der Waals surface area (Å²) in [5.74, 6) is -0.915. The van der Waals surface area contributed by atoms with Gasteiger partial charge in [-0.05, 0) is 44.9 Å². The van der Waals surface area contributed by atoms with Crippen molar-refractivity contribution in [2.45, 2.75) is 33.6 Å². The molecule has 0 aliphatic rings. The first kappa shape index (κ1) is 17.8. The second-order valence-electron chi connectivity index (χ2n) is 6.13. The normalized spacial score (nSPS) is 10.7. The molecular formula is C19H24N2O3. The van der Waals surface area contributed by atoms with Gasteiger partial charge in [0.05, 0.1) is 5.56 Å². The zero-order chi connectivity index (χ0) is 17.9. The van der Waals surface area contributed by atoms with Crippen LogP contribution in [-0.4, -0.2) is 40.0 Å². The van der Waals surface area contributed by atoms with Crippen molar-refractivity contribution < 1.29 is 14.7 Å². The number of rotatable bonds is 6. The van der Waals surface area contributed by atoms with E-state index in [9.17, 15) is 9.59 Å². The molecule has 1 N–H and O–H groups in total. The molecule has 1 heterocycles. The van der Waals surface area contributed by atoms with Crippen molar-refractivity contribution in [3.8, 4) is 5.69 Å². The predicted octanol–water partition coefficient (Wildman–Crippen LogP) is 3.34. The molecule has 0 saturated carbocycles. The standard InChI is InChI=1S/C19H24N2O3/c1-13-8-5-6-9-17(13)21-14(2)12-16(15(21)3)19(24)20(4)11-7-10-18(22)23/h5-6,8-9,12H,7,10-11H2,1-4H3,(H,22,23). The van der Waals surface area contributed by atoms with Crippen LogP contribution in [0.5, 0.6) is 0 Å². The van der Waals surface area contributed by atoms with Gasteiger partial charge in [-0.2, -0.15) is 0 Å².